The maximum absolute atomic E-state index is 15.0. The second kappa shape index (κ2) is 57.9. The van der Waals surface area contributed by atoms with Crippen LogP contribution in [0.5, 0.6) is 0 Å². The van der Waals surface area contributed by atoms with Gasteiger partial charge < -0.3 is 169 Å². The number of rotatable bonds is 60. The normalized spacial score (nSPS) is 13.2. The molecule has 0 aromatic rings. The van der Waals surface area contributed by atoms with E-state index in [2.05, 4.69) is 106 Å². The van der Waals surface area contributed by atoms with Gasteiger partial charge in [-0.3, -0.25) is 107 Å². The van der Waals surface area contributed by atoms with Gasteiger partial charge in [0, 0.05) is 72.4 Å². The lowest BCUT2D eigenvalue weighted by Crippen LogP contribution is -2.61. The summed E-state index contributed by atoms with van der Waals surface area (Å²) in [7, 11) is 0. The van der Waals surface area contributed by atoms with Gasteiger partial charge in [-0.25, -0.2) is 0 Å². The highest BCUT2D eigenvalue weighted by Crippen LogP contribution is 2.12. The number of carbonyl (C=O) groups is 11. The molecule has 0 saturated heterocycles. The van der Waals surface area contributed by atoms with Crippen LogP contribution in [0.2, 0.25) is 0 Å². The third-order valence-electron chi connectivity index (χ3n) is 16.3. The molecule has 52 N–H and O–H groups in total. The van der Waals surface area contributed by atoms with Crippen molar-refractivity contribution in [2.24, 2.45) is 63.1 Å². The molecule has 0 unspecified atom stereocenters. The Morgan fingerprint density at radius 3 is 0.404 bits per heavy atom. The molecule has 0 aromatic carbocycles. The molecule has 0 rings (SSSR count). The monoisotopic (exact) mass is 1620 g/mol. The molecule has 0 saturated carbocycles. The Morgan fingerprint density at radius 2 is 0.298 bits per heavy atom. The predicted octanol–water partition coefficient (Wildman–Crippen LogP) is -13.0. The Labute approximate surface area is 659 Å². The van der Waals surface area contributed by atoms with Gasteiger partial charge in [0.2, 0.25) is 65.0 Å². The first kappa shape index (κ1) is 101. The summed E-state index contributed by atoms with van der Waals surface area (Å²) in [6.45, 7) is 1.30. The summed E-state index contributed by atoms with van der Waals surface area (Å²) in [5.74, 6) is -14.4. The van der Waals surface area contributed by atoms with Gasteiger partial charge in [-0.15, -0.1) is 0 Å². The first-order valence-corrected chi connectivity index (χ1v) is 36.8. The number of hydrogen-bond donors (Lipinski definition) is 41. The lowest BCUT2D eigenvalue weighted by Gasteiger charge is -2.29. The van der Waals surface area contributed by atoms with E-state index in [1.807, 2.05) is 0 Å². The summed E-state index contributed by atoms with van der Waals surface area (Å²) < 4.78 is 0. The number of amides is 11. The van der Waals surface area contributed by atoms with Gasteiger partial charge >= 0.3 is 0 Å². The molecule has 114 heavy (non-hydrogen) atoms. The highest BCUT2D eigenvalue weighted by Gasteiger charge is 2.36. The molecule has 52 nitrogen and oxygen atoms in total. The third-order valence-corrected chi connectivity index (χ3v) is 16.3. The minimum absolute atomic E-state index is 0.000414. The zero-order valence-corrected chi connectivity index (χ0v) is 64.3. The molecule has 0 aliphatic carbocycles. The summed E-state index contributed by atoms with van der Waals surface area (Å²) >= 11 is 0. The molecule has 0 heterocycles. The number of primary amides is 1. The molecule has 0 radical (unpaired) electrons. The summed E-state index contributed by atoms with van der Waals surface area (Å²) in [5, 5.41) is 128. The molecule has 10 atom stereocenters. The van der Waals surface area contributed by atoms with Crippen LogP contribution in [0.3, 0.4) is 0 Å². The van der Waals surface area contributed by atoms with E-state index in [4.69, 9.17) is 117 Å². The fraction of sp³-hybridized carbons (Fsp3) is 0.661. The topological polar surface area (TPSA) is 953 Å². The van der Waals surface area contributed by atoms with E-state index in [0.29, 0.717) is 0 Å². The van der Waals surface area contributed by atoms with Gasteiger partial charge in [0.25, 0.3) is 0 Å². The van der Waals surface area contributed by atoms with E-state index in [1.54, 1.807) is 0 Å². The van der Waals surface area contributed by atoms with E-state index >= 15 is 0 Å². The number of hydrogen-bond acceptors (Lipinski definition) is 21. The highest BCUT2D eigenvalue weighted by molar-refractivity contribution is 5.99. The van der Waals surface area contributed by atoms with E-state index < -0.39 is 173 Å². The van der Waals surface area contributed by atoms with Gasteiger partial charge in [-0.05, 0) is 128 Å². The standard InChI is InChI=1S/C62H125N41O11/c1-32(104)94-34(13-3-23-85-54(66)67)44(106)96-36(15-5-25-87-56(70)71)46(108)98-38(17-7-27-89-58(74)75)48(110)100-40(19-9-29-91-60(78)79)50(112)102-42(21-11-31-93-62(82)83)52(114)103-41(20-10-30-92-61(80)81)51(113)101-39(18-8-28-90-59(76)77)49(111)99-37(16-6-26-88-57(72)73)47(109)97-35(14-4-24-86-55(68)69)45(107)95-33(43(63)105)12-2-22-84-53(64)65/h33-42H,2-31H2,1H3,(H2,63,105)(H,94,104)(H,95,107)(H,96,106)(H,97,109)(H,98,108)(H,99,111)(H,100,110)(H,101,113)(H,102,112)(H,103,114)(H4,64,65,84)(H4,66,67,85)(H4,68,69,86)(H4,70,71,87)(H4,72,73,88)(H4,74,75,89)(H4,76,77,90)(H4,78,79,91)(H4,80,81,92)(H4,82,83,93)/t33-,34-,35-,36-,37-,38-,39-,40-,41-,42-/m0/s1. The van der Waals surface area contributed by atoms with Crippen LogP contribution in [0.25, 0.3) is 0 Å². The van der Waals surface area contributed by atoms with Crippen molar-refractivity contribution in [1.29, 1.82) is 54.1 Å². The van der Waals surface area contributed by atoms with Gasteiger partial charge in [0.15, 0.2) is 59.6 Å². The first-order valence-electron chi connectivity index (χ1n) is 36.8. The minimum Gasteiger partial charge on any atom is -0.370 e. The molecular formula is C62H125N41O11. The fourth-order valence-electron chi connectivity index (χ4n) is 10.7. The number of nitrogens with two attached hydrogens (primary N) is 11. The number of guanidine groups is 10. The van der Waals surface area contributed by atoms with Crippen molar-refractivity contribution in [3.05, 3.63) is 0 Å². The largest absolute Gasteiger partial charge is 0.370 e. The maximum atomic E-state index is 15.0. The fourth-order valence-corrected chi connectivity index (χ4v) is 10.7. The van der Waals surface area contributed by atoms with Gasteiger partial charge in [0.1, 0.15) is 60.4 Å². The molecule has 644 valence electrons. The summed E-state index contributed by atoms with van der Waals surface area (Å²) in [6, 6.07) is -15.0. The Bertz CT molecular complexity index is 3230. The second-order valence-corrected chi connectivity index (χ2v) is 26.0. The second-order valence-electron chi connectivity index (χ2n) is 26.0. The molecule has 0 bridgehead atoms. The lowest BCUT2D eigenvalue weighted by atomic mass is 10.0. The number of nitrogens with one attached hydrogen (secondary N) is 30. The third kappa shape index (κ3) is 50.6. The maximum Gasteiger partial charge on any atom is 0.243 e. The van der Waals surface area contributed by atoms with Crippen LogP contribution in [0.4, 0.5) is 0 Å². The molecule has 0 aliphatic heterocycles. The van der Waals surface area contributed by atoms with Crippen LogP contribution < -0.4 is 169 Å². The van der Waals surface area contributed by atoms with Crippen LogP contribution in [-0.4, -0.2) is 250 Å². The van der Waals surface area contributed by atoms with Crippen LogP contribution in [0.1, 0.15) is 135 Å². The predicted molar refractivity (Wildman–Crippen MR) is 426 cm³/mol. The molecule has 0 aromatic heterocycles. The zero-order chi connectivity index (χ0) is 86.3. The van der Waals surface area contributed by atoms with Crippen molar-refractivity contribution in [1.82, 2.24) is 106 Å². The van der Waals surface area contributed by atoms with Crippen molar-refractivity contribution in [3.8, 4) is 0 Å². The molecular weight excluding hydrogens is 1490 g/mol. The van der Waals surface area contributed by atoms with Gasteiger partial charge in [-0.1, -0.05) is 0 Å². The van der Waals surface area contributed by atoms with Crippen LogP contribution >= 0.6 is 0 Å². The SMILES string of the molecule is CC(=O)N[C@@H](CCCNC(=N)N)C(=O)N[C@@H](CCCNC(=N)N)C(=O)N[C@@H](CCCNC(=N)N)C(=O)N[C@@H](CCCNC(=N)N)C(=O)N[C@@H](CCCNC(=N)N)C(=O)N[C@@H](CCCNC(=N)N)C(=O)N[C@@H](CCCNC(=N)N)C(=O)N[C@@H](CCCNC(=N)N)C(=O)N[C@@H](CCCNC(=N)N)C(=O)N[C@@H](CCCNC(=N)N)C(N)=O. The number of carbonyl (C=O) groups excluding carboxylic acids is 11. The summed E-state index contributed by atoms with van der Waals surface area (Å²) in [6.07, 6.45) is -1.15. The molecule has 0 fully saturated rings. The summed E-state index contributed by atoms with van der Waals surface area (Å²) in [4.78, 5) is 156. The van der Waals surface area contributed by atoms with Crippen molar-refractivity contribution >= 4 is 125 Å². The van der Waals surface area contributed by atoms with Crippen molar-refractivity contribution in [3.63, 3.8) is 0 Å². The van der Waals surface area contributed by atoms with Gasteiger partial charge in [0.05, 0.1) is 0 Å². The average Bonchev–Trinajstić information content (AvgIpc) is 0.862. The Balaban J connectivity index is 8.00. The first-order chi connectivity index (χ1) is 53.7. The van der Waals surface area contributed by atoms with E-state index in [1.165, 1.54) is 6.92 Å². The quantitative estimate of drug-likeness (QED) is 0.0153. The van der Waals surface area contributed by atoms with E-state index in [0.717, 1.165) is 0 Å². The van der Waals surface area contributed by atoms with E-state index in [-0.39, 0.29) is 206 Å². The Hall–Kier alpha value is -13.1. The Morgan fingerprint density at radius 1 is 0.193 bits per heavy atom. The van der Waals surface area contributed by atoms with Crippen LogP contribution in [0, 0.1) is 54.1 Å². The molecule has 0 aliphatic rings. The smallest absolute Gasteiger partial charge is 0.243 e. The van der Waals surface area contributed by atoms with Crippen molar-refractivity contribution < 1.29 is 52.7 Å². The molecule has 0 spiro atoms. The van der Waals surface area contributed by atoms with E-state index in [9.17, 15) is 52.7 Å². The van der Waals surface area contributed by atoms with Crippen molar-refractivity contribution in [2.45, 2.75) is 196 Å². The highest BCUT2D eigenvalue weighted by atomic mass is 16.2. The lowest BCUT2D eigenvalue weighted by molar-refractivity contribution is -0.136. The van der Waals surface area contributed by atoms with Crippen molar-refractivity contribution in [2.75, 3.05) is 65.4 Å². The van der Waals surface area contributed by atoms with Crippen LogP contribution in [-0.2, 0) is 52.7 Å². The van der Waals surface area contributed by atoms with Crippen LogP contribution in [0.15, 0.2) is 0 Å². The Kier molecular flexibility index (Phi) is 51.2. The molecule has 11 amide bonds. The molecule has 52 heteroatoms. The zero-order valence-electron chi connectivity index (χ0n) is 64.3. The summed E-state index contributed by atoms with van der Waals surface area (Å²) in [5.41, 5.74) is 60.7. The minimum atomic E-state index is -1.63. The average molecular weight is 1620 g/mol. The van der Waals surface area contributed by atoms with Gasteiger partial charge in [-0.2, -0.15) is 0 Å².